The molecular weight excluding hydrogens is 410 g/mol. The number of nitro groups is 1. The average molecular weight is 425 g/mol. The number of ether oxygens (including phenoxy) is 1. The van der Waals surface area contributed by atoms with Crippen molar-refractivity contribution in [2.45, 2.75) is 11.3 Å². The van der Waals surface area contributed by atoms with E-state index >= 15 is 0 Å². The molecule has 0 radical (unpaired) electrons. The zero-order valence-electron chi connectivity index (χ0n) is 14.5. The first kappa shape index (κ1) is 21.2. The van der Waals surface area contributed by atoms with Gasteiger partial charge in [-0.25, -0.2) is 0 Å². The molecule has 0 aliphatic carbocycles. The molecule has 1 heterocycles. The quantitative estimate of drug-likeness (QED) is 0.200. The maximum absolute atomic E-state index is 12.0. The normalized spacial score (nSPS) is 10.2. The number of rotatable bonds is 9. The van der Waals surface area contributed by atoms with E-state index in [1.54, 1.807) is 6.92 Å². The van der Waals surface area contributed by atoms with Crippen LogP contribution in [-0.4, -0.2) is 51.8 Å². The highest BCUT2D eigenvalue weighted by molar-refractivity contribution is 8.01. The van der Waals surface area contributed by atoms with Gasteiger partial charge in [-0.2, -0.15) is 0 Å². The molecule has 0 unspecified atom stereocenters. The summed E-state index contributed by atoms with van der Waals surface area (Å²) in [5, 5.41) is 23.4. The van der Waals surface area contributed by atoms with E-state index in [2.05, 4.69) is 20.8 Å². The second kappa shape index (κ2) is 10.3. The molecule has 1 aromatic heterocycles. The van der Waals surface area contributed by atoms with Gasteiger partial charge in [-0.05, 0) is 13.0 Å². The van der Waals surface area contributed by atoms with Crippen LogP contribution in [0.1, 0.15) is 17.3 Å². The Kier molecular flexibility index (Phi) is 7.83. The fourth-order valence-electron chi connectivity index (χ4n) is 1.83. The number of non-ortho nitro benzene ring substituents is 1. The highest BCUT2D eigenvalue weighted by atomic mass is 32.2. The van der Waals surface area contributed by atoms with Crippen molar-refractivity contribution in [3.63, 3.8) is 0 Å². The first-order valence-corrected chi connectivity index (χ1v) is 9.63. The van der Waals surface area contributed by atoms with Gasteiger partial charge in [0.15, 0.2) is 4.34 Å². The highest BCUT2D eigenvalue weighted by Gasteiger charge is 2.14. The zero-order chi connectivity index (χ0) is 20.5. The van der Waals surface area contributed by atoms with E-state index in [9.17, 15) is 24.5 Å². The molecule has 0 bridgehead atoms. The van der Waals surface area contributed by atoms with Gasteiger partial charge in [-0.15, -0.1) is 10.2 Å². The molecule has 148 valence electrons. The fraction of sp³-hybridized carbons (Fsp3) is 0.267. The Balaban J connectivity index is 1.81. The molecule has 0 aliphatic heterocycles. The minimum atomic E-state index is -0.623. The number of carbonyl (C=O) groups excluding carboxylic acids is 3. The van der Waals surface area contributed by atoms with Crippen LogP contribution in [0.4, 0.5) is 10.8 Å². The van der Waals surface area contributed by atoms with Gasteiger partial charge < -0.3 is 10.1 Å². The molecule has 2 N–H and O–H groups in total. The van der Waals surface area contributed by atoms with Crippen molar-refractivity contribution in [2.75, 3.05) is 24.2 Å². The number of hydrogen-bond acceptors (Lipinski definition) is 10. The number of hydrogen-bond donors (Lipinski definition) is 2. The number of nitrogens with zero attached hydrogens (tertiary/aromatic N) is 3. The summed E-state index contributed by atoms with van der Waals surface area (Å²) in [5.41, 5.74) is -0.158. The van der Waals surface area contributed by atoms with Crippen LogP contribution in [0.3, 0.4) is 0 Å². The first-order valence-electron chi connectivity index (χ1n) is 7.83. The maximum Gasteiger partial charge on any atom is 0.316 e. The molecule has 0 spiro atoms. The lowest BCUT2D eigenvalue weighted by Gasteiger charge is -2.04. The molecule has 11 nitrogen and oxygen atoms in total. The van der Waals surface area contributed by atoms with Gasteiger partial charge in [0.2, 0.25) is 11.0 Å². The Morgan fingerprint density at radius 2 is 2.11 bits per heavy atom. The third-order valence-electron chi connectivity index (χ3n) is 3.00. The number of aromatic nitrogens is 2. The molecule has 0 atom stereocenters. The third-order valence-corrected chi connectivity index (χ3v) is 4.95. The van der Waals surface area contributed by atoms with Crippen molar-refractivity contribution < 1.29 is 24.0 Å². The molecule has 0 aliphatic rings. The second-order valence-electron chi connectivity index (χ2n) is 5.01. The minimum Gasteiger partial charge on any atom is -0.465 e. The van der Waals surface area contributed by atoms with Crippen LogP contribution in [0.15, 0.2) is 28.6 Å². The zero-order valence-corrected chi connectivity index (χ0v) is 16.2. The summed E-state index contributed by atoms with van der Waals surface area (Å²) in [4.78, 5) is 45.3. The van der Waals surface area contributed by atoms with Crippen molar-refractivity contribution in [1.29, 1.82) is 0 Å². The van der Waals surface area contributed by atoms with E-state index in [1.807, 2.05) is 0 Å². The van der Waals surface area contributed by atoms with E-state index in [-0.39, 0.29) is 34.6 Å². The van der Waals surface area contributed by atoms with Crippen LogP contribution in [0, 0.1) is 10.1 Å². The predicted molar refractivity (Wildman–Crippen MR) is 101 cm³/mol. The molecule has 0 fully saturated rings. The van der Waals surface area contributed by atoms with Gasteiger partial charge in [0.1, 0.15) is 0 Å². The second-order valence-corrected chi connectivity index (χ2v) is 7.21. The van der Waals surface area contributed by atoms with E-state index in [4.69, 9.17) is 4.74 Å². The number of nitro benzene ring substituents is 1. The molecule has 2 aromatic rings. The summed E-state index contributed by atoms with van der Waals surface area (Å²) < 4.78 is 5.27. The van der Waals surface area contributed by atoms with E-state index in [0.717, 1.165) is 29.2 Å². The van der Waals surface area contributed by atoms with Gasteiger partial charge in [0, 0.05) is 17.7 Å². The Morgan fingerprint density at radius 3 is 2.82 bits per heavy atom. The van der Waals surface area contributed by atoms with Gasteiger partial charge >= 0.3 is 5.97 Å². The van der Waals surface area contributed by atoms with Crippen molar-refractivity contribution >= 4 is 51.7 Å². The van der Waals surface area contributed by atoms with Crippen LogP contribution in [0.5, 0.6) is 0 Å². The largest absolute Gasteiger partial charge is 0.465 e. The predicted octanol–water partition coefficient (Wildman–Crippen LogP) is 1.47. The molecule has 1 aromatic carbocycles. The number of nitrogens with one attached hydrogen (secondary N) is 2. The number of amides is 2. The Labute approximate surface area is 167 Å². The number of benzene rings is 1. The van der Waals surface area contributed by atoms with Crippen LogP contribution in [0.2, 0.25) is 0 Å². The van der Waals surface area contributed by atoms with Gasteiger partial charge in [0.25, 0.3) is 11.6 Å². The van der Waals surface area contributed by atoms with Gasteiger partial charge in [-0.3, -0.25) is 29.8 Å². The number of esters is 1. The SMILES string of the molecule is CCOC(=O)CSc1nnc(NC(=O)CNC(=O)c2cccc([N+](=O)[O-])c2)s1. The summed E-state index contributed by atoms with van der Waals surface area (Å²) in [6.45, 7) is 1.64. The van der Waals surface area contributed by atoms with E-state index in [1.165, 1.54) is 18.2 Å². The van der Waals surface area contributed by atoms with Crippen LogP contribution >= 0.6 is 23.1 Å². The number of thioether (sulfide) groups is 1. The first-order chi connectivity index (χ1) is 13.4. The smallest absolute Gasteiger partial charge is 0.316 e. The summed E-state index contributed by atoms with van der Waals surface area (Å²) in [7, 11) is 0. The van der Waals surface area contributed by atoms with Crippen LogP contribution < -0.4 is 10.6 Å². The Morgan fingerprint density at radius 1 is 1.32 bits per heavy atom. The lowest BCUT2D eigenvalue weighted by Crippen LogP contribution is -2.32. The monoisotopic (exact) mass is 425 g/mol. The molecule has 2 rings (SSSR count). The van der Waals surface area contributed by atoms with E-state index < -0.39 is 16.7 Å². The van der Waals surface area contributed by atoms with Crippen molar-refractivity contribution in [3.05, 3.63) is 39.9 Å². The average Bonchev–Trinajstić information content (AvgIpc) is 3.12. The molecule has 28 heavy (non-hydrogen) atoms. The van der Waals surface area contributed by atoms with Crippen molar-refractivity contribution in [3.8, 4) is 0 Å². The molecule has 13 heteroatoms. The fourth-order valence-corrected chi connectivity index (χ4v) is 3.39. The Hall–Kier alpha value is -3.06. The van der Waals surface area contributed by atoms with E-state index in [0.29, 0.717) is 10.9 Å². The summed E-state index contributed by atoms with van der Waals surface area (Å²) in [6, 6.07) is 5.16. The summed E-state index contributed by atoms with van der Waals surface area (Å²) >= 11 is 2.20. The molecule has 0 saturated carbocycles. The van der Waals surface area contributed by atoms with Crippen LogP contribution in [-0.2, 0) is 14.3 Å². The van der Waals surface area contributed by atoms with Gasteiger partial charge in [0.05, 0.1) is 23.8 Å². The Bertz CT molecular complexity index is 887. The molecule has 0 saturated heterocycles. The topological polar surface area (TPSA) is 153 Å². The lowest BCUT2D eigenvalue weighted by molar-refractivity contribution is -0.384. The molecular formula is C15H15N5O6S2. The maximum atomic E-state index is 12.0. The number of carbonyl (C=O) groups is 3. The highest BCUT2D eigenvalue weighted by Crippen LogP contribution is 2.25. The summed E-state index contributed by atoms with van der Waals surface area (Å²) in [5.74, 6) is -1.47. The van der Waals surface area contributed by atoms with Crippen molar-refractivity contribution in [1.82, 2.24) is 15.5 Å². The third kappa shape index (κ3) is 6.59. The van der Waals surface area contributed by atoms with Crippen LogP contribution in [0.25, 0.3) is 0 Å². The minimum absolute atomic E-state index is 0.0653. The number of anilines is 1. The summed E-state index contributed by atoms with van der Waals surface area (Å²) in [6.07, 6.45) is 0. The molecule has 2 amide bonds. The van der Waals surface area contributed by atoms with Gasteiger partial charge in [-0.1, -0.05) is 29.2 Å². The standard InChI is InChI=1S/C15H15N5O6S2/c1-2-26-12(22)8-27-15-19-18-14(28-15)17-11(21)7-16-13(23)9-4-3-5-10(6-9)20(24)25/h3-6H,2,7-8H2,1H3,(H,16,23)(H,17,18,21). The lowest BCUT2D eigenvalue weighted by atomic mass is 10.2. The van der Waals surface area contributed by atoms with Crippen molar-refractivity contribution in [2.24, 2.45) is 0 Å².